The number of carbonyl (C=O) groups excluding carboxylic acids is 1. The fourth-order valence-corrected chi connectivity index (χ4v) is 4.68. The first-order valence-electron chi connectivity index (χ1n) is 14.0. The van der Waals surface area contributed by atoms with Gasteiger partial charge in [0.1, 0.15) is 0 Å². The molecule has 3 N–H and O–H groups in total. The third-order valence-corrected chi connectivity index (χ3v) is 6.88. The molecule has 0 saturated carbocycles. The van der Waals surface area contributed by atoms with E-state index in [0.717, 1.165) is 76.5 Å². The van der Waals surface area contributed by atoms with Crippen molar-refractivity contribution in [3.05, 3.63) is 108 Å². The van der Waals surface area contributed by atoms with Crippen molar-refractivity contribution in [2.45, 2.75) is 27.2 Å². The molecule has 1 heterocycles. The van der Waals surface area contributed by atoms with Crippen LogP contribution in [-0.4, -0.2) is 35.6 Å². The monoisotopic (exact) mass is 545 g/mol. The van der Waals surface area contributed by atoms with Crippen molar-refractivity contribution in [2.75, 3.05) is 35.7 Å². The lowest BCUT2D eigenvalue weighted by molar-refractivity contribution is 0.102. The molecule has 0 saturated heterocycles. The summed E-state index contributed by atoms with van der Waals surface area (Å²) in [6.07, 6.45) is 0.958. The topological polar surface area (TPSA) is 88.2 Å². The second kappa shape index (κ2) is 13.1. The molecule has 0 aliphatic heterocycles. The van der Waals surface area contributed by atoms with Crippen LogP contribution in [0.25, 0.3) is 22.2 Å². The van der Waals surface area contributed by atoms with Gasteiger partial charge in [-0.05, 0) is 80.8 Å². The van der Waals surface area contributed by atoms with E-state index >= 15 is 0 Å². The Morgan fingerprint density at radius 2 is 1.51 bits per heavy atom. The van der Waals surface area contributed by atoms with Crippen molar-refractivity contribution in [1.29, 1.82) is 0 Å². The van der Waals surface area contributed by atoms with E-state index in [1.165, 1.54) is 0 Å². The lowest BCUT2D eigenvalue weighted by Gasteiger charge is -2.13. The van der Waals surface area contributed by atoms with Gasteiger partial charge >= 0.3 is 0 Å². The molecule has 0 aliphatic rings. The van der Waals surface area contributed by atoms with Gasteiger partial charge in [0.2, 0.25) is 5.95 Å². The molecule has 0 bridgehead atoms. The molecule has 41 heavy (non-hydrogen) atoms. The lowest BCUT2D eigenvalue weighted by atomic mass is 10.1. The van der Waals surface area contributed by atoms with Crippen molar-refractivity contribution in [2.24, 2.45) is 0 Å². The molecule has 1 aromatic heterocycles. The summed E-state index contributed by atoms with van der Waals surface area (Å²) in [5, 5.41) is 10.8. The number of fused-ring (bicyclic) bond motifs is 1. The SMILES string of the molecule is CCOCCCNc1ccc(-c2nc(Nc3ccc(C(=O)Nc4c(C)cccc4C)cc3)nc3ccccc23)cc1. The van der Waals surface area contributed by atoms with Crippen LogP contribution < -0.4 is 16.0 Å². The summed E-state index contributed by atoms with van der Waals surface area (Å²) in [5.74, 6) is 0.343. The number of rotatable bonds is 11. The zero-order valence-electron chi connectivity index (χ0n) is 23.7. The number of hydrogen-bond donors (Lipinski definition) is 3. The molecule has 5 rings (SSSR count). The second-order valence-corrected chi connectivity index (χ2v) is 9.89. The van der Waals surface area contributed by atoms with Crippen LogP contribution in [-0.2, 0) is 4.74 Å². The van der Waals surface area contributed by atoms with Gasteiger partial charge in [0.05, 0.1) is 11.2 Å². The number of nitrogens with one attached hydrogen (secondary N) is 3. The minimum Gasteiger partial charge on any atom is -0.385 e. The molecule has 0 aliphatic carbocycles. The van der Waals surface area contributed by atoms with E-state index < -0.39 is 0 Å². The molecule has 1 amide bonds. The number of anilines is 4. The summed E-state index contributed by atoms with van der Waals surface area (Å²) in [5.41, 5.74) is 8.05. The van der Waals surface area contributed by atoms with E-state index in [-0.39, 0.29) is 5.91 Å². The van der Waals surface area contributed by atoms with Crippen LogP contribution in [0.5, 0.6) is 0 Å². The number of amides is 1. The van der Waals surface area contributed by atoms with Gasteiger partial charge in [-0.1, -0.05) is 48.5 Å². The third kappa shape index (κ3) is 6.88. The molecule has 0 unspecified atom stereocenters. The van der Waals surface area contributed by atoms with E-state index in [9.17, 15) is 4.79 Å². The van der Waals surface area contributed by atoms with E-state index in [1.54, 1.807) is 12.1 Å². The van der Waals surface area contributed by atoms with Crippen LogP contribution in [0.4, 0.5) is 23.0 Å². The third-order valence-electron chi connectivity index (χ3n) is 6.88. The largest absolute Gasteiger partial charge is 0.385 e. The molecular weight excluding hydrogens is 510 g/mol. The fourth-order valence-electron chi connectivity index (χ4n) is 4.68. The minimum atomic E-state index is -0.148. The van der Waals surface area contributed by atoms with Crippen molar-refractivity contribution >= 4 is 39.8 Å². The van der Waals surface area contributed by atoms with Crippen molar-refractivity contribution in [1.82, 2.24) is 9.97 Å². The molecule has 7 heteroatoms. The normalized spacial score (nSPS) is 10.9. The predicted molar refractivity (Wildman–Crippen MR) is 168 cm³/mol. The standard InChI is InChI=1S/C34H35N5O2/c1-4-41-22-8-21-35-27-17-13-25(14-18-27)32-29-11-5-6-12-30(29)37-34(39-32)36-28-19-15-26(16-20-28)33(40)38-31-23(2)9-7-10-24(31)3/h5-7,9-20,35H,4,8,21-22H2,1-3H3,(H,38,40)(H,36,37,39). The number of carbonyl (C=O) groups is 1. The Labute approximate surface area is 241 Å². The van der Waals surface area contributed by atoms with Crippen LogP contribution >= 0.6 is 0 Å². The van der Waals surface area contributed by atoms with E-state index in [2.05, 4.69) is 40.2 Å². The highest BCUT2D eigenvalue weighted by Gasteiger charge is 2.12. The maximum atomic E-state index is 12.9. The van der Waals surface area contributed by atoms with Gasteiger partial charge in [-0.3, -0.25) is 4.79 Å². The van der Waals surface area contributed by atoms with Gasteiger partial charge in [0.15, 0.2) is 0 Å². The average Bonchev–Trinajstić information content (AvgIpc) is 2.99. The summed E-state index contributed by atoms with van der Waals surface area (Å²) in [7, 11) is 0. The first-order valence-corrected chi connectivity index (χ1v) is 14.0. The smallest absolute Gasteiger partial charge is 0.255 e. The number of para-hydroxylation sites is 2. The Hall–Kier alpha value is -4.75. The number of ether oxygens (including phenoxy) is 1. The molecule has 0 atom stereocenters. The number of hydrogen-bond acceptors (Lipinski definition) is 6. The maximum Gasteiger partial charge on any atom is 0.255 e. The van der Waals surface area contributed by atoms with Gasteiger partial charge in [0.25, 0.3) is 5.91 Å². The number of aryl methyl sites for hydroxylation is 2. The van der Waals surface area contributed by atoms with E-state index in [1.807, 2.05) is 75.4 Å². The van der Waals surface area contributed by atoms with Crippen molar-refractivity contribution in [3.8, 4) is 11.3 Å². The maximum absolute atomic E-state index is 12.9. The number of nitrogens with zero attached hydrogens (tertiary/aromatic N) is 2. The van der Waals surface area contributed by atoms with Gasteiger partial charge in [-0.25, -0.2) is 9.97 Å². The predicted octanol–water partition coefficient (Wildman–Crippen LogP) is 7.75. The molecular formula is C34H35N5O2. The zero-order valence-corrected chi connectivity index (χ0v) is 23.7. The van der Waals surface area contributed by atoms with Gasteiger partial charge in [0, 0.05) is 53.3 Å². The Kier molecular flexibility index (Phi) is 8.86. The van der Waals surface area contributed by atoms with Crippen molar-refractivity contribution < 1.29 is 9.53 Å². The molecule has 0 spiro atoms. The molecule has 7 nitrogen and oxygen atoms in total. The quantitative estimate of drug-likeness (QED) is 0.147. The molecule has 208 valence electrons. The van der Waals surface area contributed by atoms with Crippen LogP contribution in [0.3, 0.4) is 0 Å². The van der Waals surface area contributed by atoms with Gasteiger partial charge in [-0.15, -0.1) is 0 Å². The summed E-state index contributed by atoms with van der Waals surface area (Å²) in [6, 6.07) is 29.6. The van der Waals surface area contributed by atoms with Crippen molar-refractivity contribution in [3.63, 3.8) is 0 Å². The first-order chi connectivity index (χ1) is 20.0. The van der Waals surface area contributed by atoms with Crippen LogP contribution in [0, 0.1) is 13.8 Å². The highest BCUT2D eigenvalue weighted by molar-refractivity contribution is 6.05. The Bertz CT molecular complexity index is 1610. The summed E-state index contributed by atoms with van der Waals surface area (Å²) in [6.45, 7) is 8.35. The molecule has 4 aromatic carbocycles. The second-order valence-electron chi connectivity index (χ2n) is 9.89. The van der Waals surface area contributed by atoms with E-state index in [0.29, 0.717) is 11.5 Å². The first kappa shape index (κ1) is 27.8. The summed E-state index contributed by atoms with van der Waals surface area (Å²) >= 11 is 0. The number of aromatic nitrogens is 2. The Morgan fingerprint density at radius 1 is 0.805 bits per heavy atom. The van der Waals surface area contributed by atoms with Crippen LogP contribution in [0.15, 0.2) is 91.0 Å². The minimum absolute atomic E-state index is 0.148. The van der Waals surface area contributed by atoms with Crippen LogP contribution in [0.1, 0.15) is 34.8 Å². The molecule has 5 aromatic rings. The average molecular weight is 546 g/mol. The number of benzene rings is 4. The van der Waals surface area contributed by atoms with E-state index in [4.69, 9.17) is 14.7 Å². The Morgan fingerprint density at radius 3 is 2.24 bits per heavy atom. The summed E-state index contributed by atoms with van der Waals surface area (Å²) in [4.78, 5) is 22.5. The zero-order chi connectivity index (χ0) is 28.6. The highest BCUT2D eigenvalue weighted by atomic mass is 16.5. The highest BCUT2D eigenvalue weighted by Crippen LogP contribution is 2.29. The van der Waals surface area contributed by atoms with Gasteiger partial charge < -0.3 is 20.7 Å². The van der Waals surface area contributed by atoms with Gasteiger partial charge in [-0.2, -0.15) is 0 Å². The van der Waals surface area contributed by atoms with Crippen LogP contribution in [0.2, 0.25) is 0 Å². The molecule has 0 radical (unpaired) electrons. The summed E-state index contributed by atoms with van der Waals surface area (Å²) < 4.78 is 5.41. The Balaban J connectivity index is 1.32. The fraction of sp³-hybridized carbons (Fsp3) is 0.206. The molecule has 0 fully saturated rings. The lowest BCUT2D eigenvalue weighted by Crippen LogP contribution is -2.13.